The molecule has 4 rings (SSSR count). The summed E-state index contributed by atoms with van der Waals surface area (Å²) in [5, 5.41) is 2.29. The number of piperazine rings is 1. The van der Waals surface area contributed by atoms with Crippen LogP contribution in [0.4, 0.5) is 4.79 Å². The average Bonchev–Trinajstić information content (AvgIpc) is 3.01. The van der Waals surface area contributed by atoms with Gasteiger partial charge in [-0.05, 0) is 25.1 Å². The molecule has 1 amide bonds. The van der Waals surface area contributed by atoms with Crippen LogP contribution in [0.1, 0.15) is 19.8 Å². The lowest BCUT2D eigenvalue weighted by atomic mass is 10.2. The fraction of sp³-hybridized carbons (Fsp3) is 0.381. The van der Waals surface area contributed by atoms with Gasteiger partial charge in [0.15, 0.2) is 0 Å². The van der Waals surface area contributed by atoms with Gasteiger partial charge in [-0.2, -0.15) is 0 Å². The zero-order valence-electron chi connectivity index (χ0n) is 14.8. The van der Waals surface area contributed by atoms with Crippen LogP contribution in [-0.2, 0) is 0 Å². The lowest BCUT2D eigenvalue weighted by molar-refractivity contribution is 0.140. The molecule has 0 N–H and O–H groups in total. The second-order valence-corrected chi connectivity index (χ2v) is 6.83. The molecule has 1 aliphatic heterocycles. The number of para-hydroxylation sites is 2. The summed E-state index contributed by atoms with van der Waals surface area (Å²) >= 11 is 0. The summed E-state index contributed by atoms with van der Waals surface area (Å²) in [6, 6.07) is 16.5. The number of amides is 1. The molecule has 1 aliphatic rings. The number of aromatic nitrogens is 1. The van der Waals surface area contributed by atoms with E-state index in [4.69, 9.17) is 0 Å². The van der Waals surface area contributed by atoms with Crippen LogP contribution in [0.2, 0.25) is 0 Å². The van der Waals surface area contributed by atoms with E-state index in [1.165, 1.54) is 12.8 Å². The van der Waals surface area contributed by atoms with E-state index in [0.29, 0.717) is 0 Å². The first-order chi connectivity index (χ1) is 12.3. The zero-order chi connectivity index (χ0) is 17.2. The molecule has 0 atom stereocenters. The Bertz CT molecular complexity index is 837. The number of carbonyl (C=O) groups is 1. The standard InChI is InChI=1S/C21H25N3O/c1-2-3-12-22-13-15-23(16-14-22)21(25)24-19-10-6-4-8-17(19)18-9-5-7-11-20(18)24/h4-11H,2-3,12-16H2,1H3. The van der Waals surface area contributed by atoms with Gasteiger partial charge in [-0.25, -0.2) is 4.79 Å². The smallest absolute Gasteiger partial charge is 0.321 e. The van der Waals surface area contributed by atoms with E-state index in [2.05, 4.69) is 24.0 Å². The lowest BCUT2D eigenvalue weighted by Gasteiger charge is -2.34. The molecule has 0 spiro atoms. The molecule has 0 unspecified atom stereocenters. The van der Waals surface area contributed by atoms with E-state index in [1.54, 1.807) is 0 Å². The Morgan fingerprint density at radius 2 is 1.44 bits per heavy atom. The fourth-order valence-corrected chi connectivity index (χ4v) is 3.81. The first-order valence-electron chi connectivity index (χ1n) is 9.29. The van der Waals surface area contributed by atoms with Gasteiger partial charge in [0.2, 0.25) is 0 Å². The van der Waals surface area contributed by atoms with Crippen LogP contribution in [0.5, 0.6) is 0 Å². The molecular weight excluding hydrogens is 310 g/mol. The second kappa shape index (κ2) is 6.89. The van der Waals surface area contributed by atoms with Gasteiger partial charge in [0.05, 0.1) is 11.0 Å². The Labute approximate surface area is 148 Å². The summed E-state index contributed by atoms with van der Waals surface area (Å²) in [7, 11) is 0. The SMILES string of the molecule is CCCCN1CCN(C(=O)n2c3ccccc3c3ccccc32)CC1. The molecule has 3 aromatic rings. The minimum atomic E-state index is 0.104. The van der Waals surface area contributed by atoms with Crippen LogP contribution in [0, 0.1) is 0 Å². The lowest BCUT2D eigenvalue weighted by Crippen LogP contribution is -2.49. The Morgan fingerprint density at radius 1 is 0.880 bits per heavy atom. The van der Waals surface area contributed by atoms with E-state index < -0.39 is 0 Å². The van der Waals surface area contributed by atoms with Crippen molar-refractivity contribution in [3.8, 4) is 0 Å². The van der Waals surface area contributed by atoms with Crippen molar-refractivity contribution in [1.29, 1.82) is 0 Å². The monoisotopic (exact) mass is 335 g/mol. The summed E-state index contributed by atoms with van der Waals surface area (Å²) in [5.41, 5.74) is 2.00. The Kier molecular flexibility index (Phi) is 4.45. The van der Waals surface area contributed by atoms with Gasteiger partial charge in [-0.1, -0.05) is 49.7 Å². The molecular formula is C21H25N3O. The third-order valence-electron chi connectivity index (χ3n) is 5.24. The first-order valence-corrected chi connectivity index (χ1v) is 9.29. The molecule has 4 heteroatoms. The molecule has 25 heavy (non-hydrogen) atoms. The zero-order valence-corrected chi connectivity index (χ0v) is 14.8. The van der Waals surface area contributed by atoms with Crippen molar-refractivity contribution >= 4 is 27.8 Å². The summed E-state index contributed by atoms with van der Waals surface area (Å²) in [4.78, 5) is 17.8. The van der Waals surface area contributed by atoms with Crippen molar-refractivity contribution in [3.63, 3.8) is 0 Å². The Hall–Kier alpha value is -2.33. The predicted octanol–water partition coefficient (Wildman–Crippen LogP) is 4.18. The number of rotatable bonds is 3. The number of fused-ring (bicyclic) bond motifs is 3. The van der Waals surface area contributed by atoms with Crippen LogP contribution < -0.4 is 0 Å². The minimum absolute atomic E-state index is 0.104. The fourth-order valence-electron chi connectivity index (χ4n) is 3.81. The van der Waals surface area contributed by atoms with E-state index in [9.17, 15) is 4.79 Å². The molecule has 2 aromatic carbocycles. The summed E-state index contributed by atoms with van der Waals surface area (Å²) < 4.78 is 1.90. The number of carbonyl (C=O) groups excluding carboxylic acids is 1. The van der Waals surface area contributed by atoms with Crippen LogP contribution >= 0.6 is 0 Å². The van der Waals surface area contributed by atoms with Crippen LogP contribution in [-0.4, -0.2) is 53.1 Å². The molecule has 0 aliphatic carbocycles. The summed E-state index contributed by atoms with van der Waals surface area (Å²) in [5.74, 6) is 0. The molecule has 0 bridgehead atoms. The highest BCUT2D eigenvalue weighted by Gasteiger charge is 2.24. The molecule has 4 nitrogen and oxygen atoms in total. The molecule has 1 fully saturated rings. The third kappa shape index (κ3) is 2.91. The van der Waals surface area contributed by atoms with Crippen molar-refractivity contribution in [3.05, 3.63) is 48.5 Å². The largest absolute Gasteiger partial charge is 0.329 e. The minimum Gasteiger partial charge on any atom is -0.321 e. The maximum atomic E-state index is 13.3. The van der Waals surface area contributed by atoms with Gasteiger partial charge < -0.3 is 4.90 Å². The van der Waals surface area contributed by atoms with Gasteiger partial charge >= 0.3 is 6.03 Å². The second-order valence-electron chi connectivity index (χ2n) is 6.83. The highest BCUT2D eigenvalue weighted by Crippen LogP contribution is 2.29. The molecule has 0 saturated carbocycles. The Balaban J connectivity index is 1.64. The number of hydrogen-bond acceptors (Lipinski definition) is 2. The molecule has 130 valence electrons. The van der Waals surface area contributed by atoms with E-state index in [-0.39, 0.29) is 6.03 Å². The van der Waals surface area contributed by atoms with Crippen molar-refractivity contribution in [2.75, 3.05) is 32.7 Å². The van der Waals surface area contributed by atoms with Gasteiger partial charge in [-0.15, -0.1) is 0 Å². The van der Waals surface area contributed by atoms with Gasteiger partial charge in [-0.3, -0.25) is 9.47 Å². The molecule has 1 aromatic heterocycles. The molecule has 0 radical (unpaired) electrons. The van der Waals surface area contributed by atoms with Crippen LogP contribution in [0.3, 0.4) is 0 Å². The van der Waals surface area contributed by atoms with Crippen molar-refractivity contribution in [2.45, 2.75) is 19.8 Å². The van der Waals surface area contributed by atoms with E-state index in [0.717, 1.165) is 54.5 Å². The summed E-state index contributed by atoms with van der Waals surface area (Å²) in [6.07, 6.45) is 2.46. The van der Waals surface area contributed by atoms with Crippen molar-refractivity contribution in [1.82, 2.24) is 14.4 Å². The Morgan fingerprint density at radius 3 is 2.00 bits per heavy atom. The van der Waals surface area contributed by atoms with Gasteiger partial charge in [0.25, 0.3) is 0 Å². The van der Waals surface area contributed by atoms with Gasteiger partial charge in [0.1, 0.15) is 0 Å². The number of unbranched alkanes of at least 4 members (excludes halogenated alkanes) is 1. The van der Waals surface area contributed by atoms with E-state index in [1.807, 2.05) is 45.9 Å². The summed E-state index contributed by atoms with van der Waals surface area (Å²) in [6.45, 7) is 6.94. The maximum absolute atomic E-state index is 13.3. The molecule has 2 heterocycles. The predicted molar refractivity (Wildman–Crippen MR) is 103 cm³/mol. The number of nitrogens with zero attached hydrogens (tertiary/aromatic N) is 3. The average molecular weight is 335 g/mol. The van der Waals surface area contributed by atoms with Crippen molar-refractivity contribution < 1.29 is 4.79 Å². The third-order valence-corrected chi connectivity index (χ3v) is 5.24. The maximum Gasteiger partial charge on any atom is 0.329 e. The highest BCUT2D eigenvalue weighted by atomic mass is 16.2. The van der Waals surface area contributed by atoms with E-state index >= 15 is 0 Å². The van der Waals surface area contributed by atoms with Crippen molar-refractivity contribution in [2.24, 2.45) is 0 Å². The number of benzene rings is 2. The normalized spacial score (nSPS) is 16.0. The topological polar surface area (TPSA) is 28.5 Å². The van der Waals surface area contributed by atoms with Crippen LogP contribution in [0.25, 0.3) is 21.8 Å². The first kappa shape index (κ1) is 16.2. The highest BCUT2D eigenvalue weighted by molar-refractivity contribution is 6.13. The molecule has 1 saturated heterocycles. The quantitative estimate of drug-likeness (QED) is 0.718. The van der Waals surface area contributed by atoms with Gasteiger partial charge in [0, 0.05) is 37.0 Å². The number of hydrogen-bond donors (Lipinski definition) is 0. The van der Waals surface area contributed by atoms with Crippen LogP contribution in [0.15, 0.2) is 48.5 Å².